The van der Waals surface area contributed by atoms with Crippen LogP contribution in [-0.4, -0.2) is 69.5 Å². The lowest BCUT2D eigenvalue weighted by atomic mass is 10.1. The molecule has 0 bridgehead atoms. The summed E-state index contributed by atoms with van der Waals surface area (Å²) in [5.41, 5.74) is 2.74. The summed E-state index contributed by atoms with van der Waals surface area (Å²) in [5.74, 6) is 0.641. The van der Waals surface area contributed by atoms with Crippen LogP contribution in [0.25, 0.3) is 27.8 Å². The molecule has 0 unspecified atom stereocenters. The molecule has 212 valence electrons. The summed E-state index contributed by atoms with van der Waals surface area (Å²) < 4.78 is 18.3. The van der Waals surface area contributed by atoms with E-state index in [0.717, 1.165) is 29.3 Å². The molecule has 1 saturated heterocycles. The number of rotatable bonds is 6. The minimum atomic E-state index is -1.48. The van der Waals surface area contributed by atoms with Crippen LogP contribution in [0.2, 0.25) is 0 Å². The third-order valence-corrected chi connectivity index (χ3v) is 8.25. The number of nitrogens with one attached hydrogen (secondary N) is 2. The maximum atomic E-state index is 12.7. The molecule has 0 aliphatic carbocycles. The summed E-state index contributed by atoms with van der Waals surface area (Å²) in [6.45, 7) is 6.64. The van der Waals surface area contributed by atoms with Crippen LogP contribution in [-0.2, 0) is 13.8 Å². The molecule has 0 spiro atoms. The zero-order valence-electron chi connectivity index (χ0n) is 23.6. The van der Waals surface area contributed by atoms with Crippen LogP contribution in [0.15, 0.2) is 30.6 Å². The zero-order valence-corrected chi connectivity index (χ0v) is 24.5. The molecule has 1 aliphatic heterocycles. The van der Waals surface area contributed by atoms with Crippen molar-refractivity contribution in [3.8, 4) is 23.4 Å². The highest BCUT2D eigenvalue weighted by atomic mass is 31.2. The first-order chi connectivity index (χ1) is 19.7. The van der Waals surface area contributed by atoms with Gasteiger partial charge in [-0.25, -0.2) is 9.78 Å². The number of piperidine rings is 1. The highest BCUT2D eigenvalue weighted by Crippen LogP contribution is 2.40. The lowest BCUT2D eigenvalue weighted by Gasteiger charge is -2.34. The minimum Gasteiger partial charge on any atom is -0.444 e. The molecule has 1 fully saturated rings. The predicted octanol–water partition coefficient (Wildman–Crippen LogP) is 4.66. The summed E-state index contributed by atoms with van der Waals surface area (Å²) in [5, 5.41) is 28.9. The molecular formula is C28H31N8O4P. The third-order valence-electron chi connectivity index (χ3n) is 6.76. The monoisotopic (exact) mass is 574 g/mol. The van der Waals surface area contributed by atoms with Gasteiger partial charge in [-0.3, -0.25) is 0 Å². The Morgan fingerprint density at radius 3 is 2.63 bits per heavy atom. The Hall–Kier alpha value is -4.22. The number of carbonyl (C=O) groups is 1. The number of anilines is 1. The van der Waals surface area contributed by atoms with E-state index in [1.54, 1.807) is 29.7 Å². The lowest BCUT2D eigenvalue weighted by molar-refractivity contribution is 0.0206. The van der Waals surface area contributed by atoms with Crippen molar-refractivity contribution in [2.75, 3.05) is 32.6 Å². The van der Waals surface area contributed by atoms with Crippen molar-refractivity contribution >= 4 is 42.1 Å². The summed E-state index contributed by atoms with van der Waals surface area (Å²) in [6.07, 6.45) is 4.63. The molecule has 1 aliphatic rings. The number of nitriles is 2. The van der Waals surface area contributed by atoms with Crippen LogP contribution < -0.4 is 10.6 Å². The van der Waals surface area contributed by atoms with Gasteiger partial charge in [0.25, 0.3) is 0 Å². The Labute approximate surface area is 238 Å². The van der Waals surface area contributed by atoms with E-state index in [-0.39, 0.29) is 12.1 Å². The van der Waals surface area contributed by atoms with Crippen molar-refractivity contribution in [3.63, 3.8) is 0 Å². The van der Waals surface area contributed by atoms with E-state index in [1.807, 2.05) is 39.1 Å². The first kappa shape index (κ1) is 28.3. The number of aromatic amines is 1. The van der Waals surface area contributed by atoms with E-state index in [4.69, 9.17) is 18.8 Å². The highest BCUT2D eigenvalue weighted by molar-refractivity contribution is 7.56. The first-order valence-electron chi connectivity index (χ1n) is 13.1. The molecule has 1 aromatic carbocycles. The quantitative estimate of drug-likeness (QED) is 0.313. The molecule has 4 heterocycles. The van der Waals surface area contributed by atoms with Gasteiger partial charge in [0, 0.05) is 56.6 Å². The van der Waals surface area contributed by atoms with Crippen molar-refractivity contribution in [1.29, 1.82) is 10.5 Å². The molecule has 1 amide bonds. The molecule has 1 atom stereocenters. The van der Waals surface area contributed by atoms with E-state index in [9.17, 15) is 15.3 Å². The minimum absolute atomic E-state index is 0.0656. The molecule has 2 N–H and O–H groups in total. The maximum absolute atomic E-state index is 12.7. The molecule has 5 rings (SSSR count). The zero-order chi connectivity index (χ0) is 29.3. The van der Waals surface area contributed by atoms with Crippen molar-refractivity contribution in [1.82, 2.24) is 24.5 Å². The van der Waals surface area contributed by atoms with Crippen LogP contribution in [0.1, 0.15) is 44.7 Å². The molecular weight excluding hydrogens is 543 g/mol. The smallest absolute Gasteiger partial charge is 0.410 e. The fraction of sp³-hybridized carbons (Fsp3) is 0.393. The number of benzene rings is 1. The number of hydrogen-bond acceptors (Lipinski definition) is 9. The fourth-order valence-electron chi connectivity index (χ4n) is 5.01. The Kier molecular flexibility index (Phi) is 7.83. The topological polar surface area (TPSA) is 154 Å². The number of aromatic nitrogens is 4. The second-order valence-corrected chi connectivity index (χ2v) is 12.4. The van der Waals surface area contributed by atoms with Gasteiger partial charge in [0.15, 0.2) is 5.65 Å². The van der Waals surface area contributed by atoms with Gasteiger partial charge in [0.1, 0.15) is 29.1 Å². The van der Waals surface area contributed by atoms with Gasteiger partial charge in [-0.1, -0.05) is 6.07 Å². The van der Waals surface area contributed by atoms with E-state index >= 15 is 0 Å². The molecule has 41 heavy (non-hydrogen) atoms. The van der Waals surface area contributed by atoms with Gasteiger partial charge in [-0.05, 0) is 39.7 Å². The summed E-state index contributed by atoms with van der Waals surface area (Å²) in [6, 6.07) is 9.82. The first-order valence-corrected chi connectivity index (χ1v) is 14.3. The SMILES string of the molecule is COP(OC)c1c(C#N)ccc2c(-c3cc(N[C@H]4CCCN(C(=O)OC(C)(C)C)C4)n4ncc(C#N)c4n3)c[nH]c12. The van der Waals surface area contributed by atoms with Crippen molar-refractivity contribution in [3.05, 3.63) is 41.7 Å². The highest BCUT2D eigenvalue weighted by Gasteiger charge is 2.29. The van der Waals surface area contributed by atoms with Crippen LogP contribution in [0, 0.1) is 22.7 Å². The summed E-state index contributed by atoms with van der Waals surface area (Å²) in [4.78, 5) is 22.5. The maximum Gasteiger partial charge on any atom is 0.410 e. The van der Waals surface area contributed by atoms with Crippen LogP contribution in [0.5, 0.6) is 0 Å². The number of carbonyl (C=O) groups excluding carboxylic acids is 1. The number of fused-ring (bicyclic) bond motifs is 2. The van der Waals surface area contributed by atoms with Crippen LogP contribution >= 0.6 is 8.38 Å². The number of H-pyrrole nitrogens is 1. The number of ether oxygens (including phenoxy) is 1. The largest absolute Gasteiger partial charge is 0.444 e. The Balaban J connectivity index is 1.55. The molecule has 12 nitrogen and oxygen atoms in total. The van der Waals surface area contributed by atoms with Crippen molar-refractivity contribution in [2.45, 2.75) is 45.3 Å². The van der Waals surface area contributed by atoms with Gasteiger partial charge in [-0.15, -0.1) is 0 Å². The van der Waals surface area contributed by atoms with Crippen molar-refractivity contribution in [2.24, 2.45) is 0 Å². The van der Waals surface area contributed by atoms with Gasteiger partial charge in [0.05, 0.1) is 28.3 Å². The Bertz CT molecular complexity index is 1690. The number of amides is 1. The van der Waals surface area contributed by atoms with Crippen LogP contribution in [0.3, 0.4) is 0 Å². The second kappa shape index (κ2) is 11.3. The molecule has 0 saturated carbocycles. The predicted molar refractivity (Wildman–Crippen MR) is 155 cm³/mol. The Morgan fingerprint density at radius 1 is 1.20 bits per heavy atom. The summed E-state index contributed by atoms with van der Waals surface area (Å²) >= 11 is 0. The van der Waals surface area contributed by atoms with Gasteiger partial charge >= 0.3 is 6.09 Å². The fourth-order valence-corrected chi connectivity index (χ4v) is 6.21. The van der Waals surface area contributed by atoms with E-state index in [0.29, 0.717) is 46.7 Å². The van der Waals surface area contributed by atoms with Crippen molar-refractivity contribution < 1.29 is 18.6 Å². The molecule has 4 aromatic rings. The van der Waals surface area contributed by atoms with Crippen LogP contribution in [0.4, 0.5) is 10.6 Å². The van der Waals surface area contributed by atoms with E-state index in [2.05, 4.69) is 27.5 Å². The second-order valence-electron chi connectivity index (χ2n) is 10.7. The number of nitrogens with zero attached hydrogens (tertiary/aromatic N) is 6. The molecule has 0 radical (unpaired) electrons. The third kappa shape index (κ3) is 5.55. The average molecular weight is 575 g/mol. The van der Waals surface area contributed by atoms with E-state index in [1.165, 1.54) is 6.20 Å². The average Bonchev–Trinajstić information content (AvgIpc) is 3.57. The lowest BCUT2D eigenvalue weighted by Crippen LogP contribution is -2.47. The van der Waals surface area contributed by atoms with Gasteiger partial charge in [0.2, 0.25) is 8.38 Å². The normalized spacial score (nSPS) is 15.7. The summed E-state index contributed by atoms with van der Waals surface area (Å²) in [7, 11) is 1.61. The van der Waals surface area contributed by atoms with Gasteiger partial charge in [-0.2, -0.15) is 20.1 Å². The standard InChI is InChI=1S/C28H31N8O4P/c1-28(2,3)40-27(37)35-10-6-7-19(16-35)33-23-11-22(34-26-18(13-30)14-32-36(23)26)21-15-31-24-20(21)9-8-17(12-29)25(24)41(38-4)39-5/h8-9,11,14-15,19,31,33H,6-7,10,16H2,1-5H3/t19-/m0/s1. The Morgan fingerprint density at radius 2 is 1.95 bits per heavy atom. The molecule has 13 heteroatoms. The number of hydrogen-bond donors (Lipinski definition) is 2. The number of likely N-dealkylation sites (tertiary alicyclic amines) is 1. The van der Waals surface area contributed by atoms with E-state index < -0.39 is 14.0 Å². The van der Waals surface area contributed by atoms with Gasteiger partial charge < -0.3 is 29.0 Å². The molecule has 3 aromatic heterocycles.